The van der Waals surface area contributed by atoms with Gasteiger partial charge in [0, 0.05) is 18.0 Å². The summed E-state index contributed by atoms with van der Waals surface area (Å²) >= 11 is 1.47. The van der Waals surface area contributed by atoms with Crippen molar-refractivity contribution in [1.82, 2.24) is 15.3 Å². The van der Waals surface area contributed by atoms with Gasteiger partial charge in [-0.15, -0.1) is 11.8 Å². The molecule has 3 nitrogen and oxygen atoms in total. The van der Waals surface area contributed by atoms with Crippen LogP contribution in [0.25, 0.3) is 0 Å². The zero-order valence-electron chi connectivity index (χ0n) is 11.3. The fraction of sp³-hybridized carbons (Fsp3) is 0.286. The minimum absolute atomic E-state index is 0.188. The van der Waals surface area contributed by atoms with E-state index in [2.05, 4.69) is 15.3 Å². The lowest BCUT2D eigenvalue weighted by atomic mass is 10.1. The molecule has 7 heteroatoms. The number of halogens is 3. The van der Waals surface area contributed by atoms with E-state index in [4.69, 9.17) is 0 Å². The van der Waals surface area contributed by atoms with Crippen molar-refractivity contribution in [3.05, 3.63) is 54.0 Å². The maximum atomic E-state index is 12.7. The van der Waals surface area contributed by atoms with Gasteiger partial charge in [-0.2, -0.15) is 13.2 Å². The molecule has 0 aliphatic carbocycles. The standard InChI is InChI=1S/C14H14F3N3S/c1-18-12(8-21-13-5-6-19-9-20-13)10-3-2-4-11(7-10)14(15,16)17/h2-7,9,12,18H,8H2,1H3. The molecule has 0 radical (unpaired) electrons. The normalized spacial score (nSPS) is 13.1. The first-order valence-electron chi connectivity index (χ1n) is 6.24. The summed E-state index contributed by atoms with van der Waals surface area (Å²) in [7, 11) is 1.73. The third kappa shape index (κ3) is 4.44. The van der Waals surface area contributed by atoms with Crippen molar-refractivity contribution in [3.63, 3.8) is 0 Å². The van der Waals surface area contributed by atoms with Gasteiger partial charge in [-0.1, -0.05) is 12.1 Å². The summed E-state index contributed by atoms with van der Waals surface area (Å²) < 4.78 is 38.2. The lowest BCUT2D eigenvalue weighted by Gasteiger charge is -2.17. The van der Waals surface area contributed by atoms with Crippen LogP contribution < -0.4 is 5.32 Å². The molecule has 0 aliphatic rings. The molecule has 21 heavy (non-hydrogen) atoms. The van der Waals surface area contributed by atoms with E-state index in [1.807, 2.05) is 0 Å². The van der Waals surface area contributed by atoms with Crippen molar-refractivity contribution in [2.75, 3.05) is 12.8 Å². The summed E-state index contributed by atoms with van der Waals surface area (Å²) in [5.74, 6) is 0.578. The minimum atomic E-state index is -4.33. The van der Waals surface area contributed by atoms with E-state index in [0.717, 1.165) is 11.1 Å². The maximum Gasteiger partial charge on any atom is 0.416 e. The molecule has 0 saturated carbocycles. The van der Waals surface area contributed by atoms with Crippen LogP contribution in [0.3, 0.4) is 0 Å². The third-order valence-corrected chi connectivity index (χ3v) is 3.95. The zero-order valence-corrected chi connectivity index (χ0v) is 12.1. The van der Waals surface area contributed by atoms with E-state index in [0.29, 0.717) is 11.3 Å². The summed E-state index contributed by atoms with van der Waals surface area (Å²) in [4.78, 5) is 7.90. The lowest BCUT2D eigenvalue weighted by Crippen LogP contribution is -2.19. The van der Waals surface area contributed by atoms with Crippen LogP contribution in [0.5, 0.6) is 0 Å². The molecule has 1 heterocycles. The Morgan fingerprint density at radius 2 is 2.10 bits per heavy atom. The number of nitrogens with zero attached hydrogens (tertiary/aromatic N) is 2. The smallest absolute Gasteiger partial charge is 0.312 e. The van der Waals surface area contributed by atoms with Gasteiger partial charge in [-0.3, -0.25) is 0 Å². The zero-order chi connectivity index (χ0) is 15.3. The first-order chi connectivity index (χ1) is 10.0. The SMILES string of the molecule is CNC(CSc1ccncn1)c1cccc(C(F)(F)F)c1. The van der Waals surface area contributed by atoms with Crippen LogP contribution in [-0.4, -0.2) is 22.8 Å². The highest BCUT2D eigenvalue weighted by atomic mass is 32.2. The molecule has 0 aliphatic heterocycles. The fourth-order valence-corrected chi connectivity index (χ4v) is 2.79. The molecule has 1 N–H and O–H groups in total. The topological polar surface area (TPSA) is 37.8 Å². The Hall–Kier alpha value is -1.60. The van der Waals surface area contributed by atoms with Gasteiger partial charge in [0.2, 0.25) is 0 Å². The highest BCUT2D eigenvalue weighted by Crippen LogP contribution is 2.31. The Kier molecular flexibility index (Phi) is 5.19. The number of rotatable bonds is 5. The predicted molar refractivity (Wildman–Crippen MR) is 76.0 cm³/mol. The van der Waals surface area contributed by atoms with Gasteiger partial charge < -0.3 is 5.32 Å². The summed E-state index contributed by atoms with van der Waals surface area (Å²) in [6.45, 7) is 0. The van der Waals surface area contributed by atoms with Gasteiger partial charge in [0.15, 0.2) is 0 Å². The molecule has 2 aromatic rings. The quantitative estimate of drug-likeness (QED) is 0.677. The van der Waals surface area contributed by atoms with Crippen LogP contribution in [0.1, 0.15) is 17.2 Å². The molecule has 1 unspecified atom stereocenters. The Labute approximate surface area is 125 Å². The molecule has 0 fully saturated rings. The van der Waals surface area contributed by atoms with E-state index < -0.39 is 11.7 Å². The molecular weight excluding hydrogens is 299 g/mol. The van der Waals surface area contributed by atoms with Crippen molar-refractivity contribution < 1.29 is 13.2 Å². The molecular formula is C14H14F3N3S. The van der Waals surface area contributed by atoms with Crippen molar-refractivity contribution in [3.8, 4) is 0 Å². The van der Waals surface area contributed by atoms with Crippen LogP contribution in [0.4, 0.5) is 13.2 Å². The monoisotopic (exact) mass is 313 g/mol. The van der Waals surface area contributed by atoms with Gasteiger partial charge in [-0.25, -0.2) is 9.97 Å². The Balaban J connectivity index is 2.10. The van der Waals surface area contributed by atoms with Crippen molar-refractivity contribution >= 4 is 11.8 Å². The van der Waals surface area contributed by atoms with Crippen LogP contribution in [-0.2, 0) is 6.18 Å². The van der Waals surface area contributed by atoms with Gasteiger partial charge in [0.1, 0.15) is 6.33 Å². The predicted octanol–water partition coefficient (Wildman–Crippen LogP) is 3.55. The number of aromatic nitrogens is 2. The average Bonchev–Trinajstić information content (AvgIpc) is 2.48. The number of benzene rings is 1. The molecule has 1 aromatic heterocycles. The Morgan fingerprint density at radius 1 is 1.29 bits per heavy atom. The molecule has 1 aromatic carbocycles. The molecule has 1 atom stereocenters. The minimum Gasteiger partial charge on any atom is -0.312 e. The van der Waals surface area contributed by atoms with E-state index in [9.17, 15) is 13.2 Å². The van der Waals surface area contributed by atoms with Gasteiger partial charge >= 0.3 is 6.18 Å². The summed E-state index contributed by atoms with van der Waals surface area (Å²) in [5, 5.41) is 3.82. The van der Waals surface area contributed by atoms with Crippen LogP contribution in [0.2, 0.25) is 0 Å². The summed E-state index contributed by atoms with van der Waals surface area (Å²) in [6.07, 6.45) is -1.25. The Bertz CT molecular complexity index is 575. The van der Waals surface area contributed by atoms with E-state index >= 15 is 0 Å². The van der Waals surface area contributed by atoms with Crippen LogP contribution >= 0.6 is 11.8 Å². The second-order valence-electron chi connectivity index (χ2n) is 4.32. The summed E-state index contributed by atoms with van der Waals surface area (Å²) in [6, 6.07) is 6.96. The molecule has 0 spiro atoms. The first kappa shape index (κ1) is 15.8. The number of alkyl halides is 3. The van der Waals surface area contributed by atoms with Crippen LogP contribution in [0, 0.1) is 0 Å². The van der Waals surface area contributed by atoms with E-state index in [1.165, 1.54) is 30.2 Å². The highest BCUT2D eigenvalue weighted by molar-refractivity contribution is 7.99. The van der Waals surface area contributed by atoms with Gasteiger partial charge in [-0.05, 0) is 30.8 Å². The maximum absolute atomic E-state index is 12.7. The average molecular weight is 313 g/mol. The van der Waals surface area contributed by atoms with Crippen molar-refractivity contribution in [1.29, 1.82) is 0 Å². The fourth-order valence-electron chi connectivity index (χ4n) is 1.81. The molecule has 0 amide bonds. The third-order valence-electron chi connectivity index (χ3n) is 2.92. The van der Waals surface area contributed by atoms with Gasteiger partial charge in [0.25, 0.3) is 0 Å². The first-order valence-corrected chi connectivity index (χ1v) is 7.22. The molecule has 0 saturated heterocycles. The molecule has 112 valence electrons. The Morgan fingerprint density at radius 3 is 2.71 bits per heavy atom. The lowest BCUT2D eigenvalue weighted by molar-refractivity contribution is -0.137. The van der Waals surface area contributed by atoms with Crippen molar-refractivity contribution in [2.24, 2.45) is 0 Å². The second kappa shape index (κ2) is 6.91. The number of thioether (sulfide) groups is 1. The highest BCUT2D eigenvalue weighted by Gasteiger charge is 2.30. The molecule has 0 bridgehead atoms. The molecule has 2 rings (SSSR count). The van der Waals surface area contributed by atoms with Gasteiger partial charge in [0.05, 0.1) is 10.6 Å². The van der Waals surface area contributed by atoms with E-state index in [1.54, 1.807) is 25.4 Å². The second-order valence-corrected chi connectivity index (χ2v) is 5.36. The number of hydrogen-bond acceptors (Lipinski definition) is 4. The number of nitrogens with one attached hydrogen (secondary N) is 1. The van der Waals surface area contributed by atoms with E-state index in [-0.39, 0.29) is 6.04 Å². The summed E-state index contributed by atoms with van der Waals surface area (Å²) in [5.41, 5.74) is -0.0267. The van der Waals surface area contributed by atoms with Crippen LogP contribution in [0.15, 0.2) is 47.9 Å². The number of hydrogen-bond donors (Lipinski definition) is 1. The van der Waals surface area contributed by atoms with Crippen molar-refractivity contribution in [2.45, 2.75) is 17.2 Å². The largest absolute Gasteiger partial charge is 0.416 e.